The topological polar surface area (TPSA) is 29.1 Å². The molecule has 4 heteroatoms. The van der Waals surface area contributed by atoms with Crippen LogP contribution in [0.25, 0.3) is 0 Å². The number of nitrogens with one attached hydrogen (secondary N) is 1. The highest BCUT2D eigenvalue weighted by molar-refractivity contribution is 8.00. The zero-order valence-corrected chi connectivity index (χ0v) is 13.5. The first-order valence-electron chi connectivity index (χ1n) is 7.62. The van der Waals surface area contributed by atoms with Gasteiger partial charge in [-0.3, -0.25) is 4.79 Å². The van der Waals surface area contributed by atoms with Gasteiger partial charge in [-0.25, -0.2) is 4.39 Å². The van der Waals surface area contributed by atoms with Gasteiger partial charge >= 0.3 is 0 Å². The zero-order valence-electron chi connectivity index (χ0n) is 12.7. The lowest BCUT2D eigenvalue weighted by atomic mass is 9.98. The van der Waals surface area contributed by atoms with Crippen molar-refractivity contribution >= 4 is 17.7 Å². The number of thioether (sulfide) groups is 1. The number of carbonyl (C=O) groups is 1. The average molecular weight is 335 g/mol. The van der Waals surface area contributed by atoms with Crippen LogP contribution >= 0.6 is 11.8 Å². The van der Waals surface area contributed by atoms with Gasteiger partial charge in [0, 0.05) is 16.0 Å². The minimum Gasteiger partial charge on any atom is -0.329 e. The van der Waals surface area contributed by atoms with E-state index in [1.54, 1.807) is 24.3 Å². The summed E-state index contributed by atoms with van der Waals surface area (Å²) in [6.45, 7) is 0. The number of amides is 1. The smallest absolute Gasteiger partial charge is 0.253 e. The Balaban J connectivity index is 1.93. The van der Waals surface area contributed by atoms with Crippen molar-refractivity contribution in [3.05, 3.63) is 101 Å². The largest absolute Gasteiger partial charge is 0.329 e. The molecule has 0 bridgehead atoms. The molecule has 24 heavy (non-hydrogen) atoms. The minimum absolute atomic E-state index is 0.140. The standard InChI is InChI=1S/C20H14FNOS/c21-17-12-6-7-13-18(17)24-20(14-8-2-1-3-9-14)16-11-5-4-10-15(16)19(23)22-20/h1-13H,(H,22,23)/t20-/m1/s1. The maximum atomic E-state index is 14.3. The molecule has 0 aromatic heterocycles. The van der Waals surface area contributed by atoms with E-state index in [1.165, 1.54) is 17.8 Å². The molecule has 2 nitrogen and oxygen atoms in total. The number of carbonyl (C=O) groups excluding carboxylic acids is 1. The first kappa shape index (κ1) is 15.0. The number of hydrogen-bond acceptors (Lipinski definition) is 2. The van der Waals surface area contributed by atoms with Gasteiger partial charge in [-0.15, -0.1) is 0 Å². The molecule has 0 fully saturated rings. The van der Waals surface area contributed by atoms with E-state index in [4.69, 9.17) is 0 Å². The maximum absolute atomic E-state index is 14.3. The first-order chi connectivity index (χ1) is 11.7. The number of halogens is 1. The predicted octanol–water partition coefficient (Wildman–Crippen LogP) is 4.56. The minimum atomic E-state index is -0.836. The van der Waals surface area contributed by atoms with Gasteiger partial charge < -0.3 is 5.32 Å². The van der Waals surface area contributed by atoms with Crippen molar-refractivity contribution < 1.29 is 9.18 Å². The summed E-state index contributed by atoms with van der Waals surface area (Å²) in [4.78, 5) is 12.2. The van der Waals surface area contributed by atoms with Crippen molar-refractivity contribution in [1.29, 1.82) is 0 Å². The fourth-order valence-electron chi connectivity index (χ4n) is 3.02. The summed E-state index contributed by atoms with van der Waals surface area (Å²) in [5.41, 5.74) is 2.40. The van der Waals surface area contributed by atoms with Crippen LogP contribution < -0.4 is 5.32 Å². The van der Waals surface area contributed by atoms with E-state index in [0.717, 1.165) is 11.1 Å². The Kier molecular flexibility index (Phi) is 3.62. The number of hydrogen-bond donors (Lipinski definition) is 1. The second-order valence-corrected chi connectivity index (χ2v) is 6.84. The van der Waals surface area contributed by atoms with Crippen LogP contribution in [-0.2, 0) is 4.87 Å². The van der Waals surface area contributed by atoms with Gasteiger partial charge in [0.15, 0.2) is 0 Å². The third kappa shape index (κ3) is 2.31. The van der Waals surface area contributed by atoms with Gasteiger partial charge in [0.1, 0.15) is 10.7 Å². The van der Waals surface area contributed by atoms with Crippen LogP contribution in [0.5, 0.6) is 0 Å². The van der Waals surface area contributed by atoms with E-state index >= 15 is 0 Å². The molecule has 118 valence electrons. The van der Waals surface area contributed by atoms with Crippen LogP contribution in [0.4, 0.5) is 4.39 Å². The van der Waals surface area contributed by atoms with Gasteiger partial charge in [-0.05, 0) is 23.8 Å². The number of benzene rings is 3. The molecule has 1 aliphatic heterocycles. The van der Waals surface area contributed by atoms with Gasteiger partial charge in [0.2, 0.25) is 0 Å². The van der Waals surface area contributed by atoms with E-state index in [0.29, 0.717) is 10.5 Å². The highest BCUT2D eigenvalue weighted by atomic mass is 32.2. The molecule has 0 aliphatic carbocycles. The van der Waals surface area contributed by atoms with E-state index in [1.807, 2.05) is 48.5 Å². The fourth-order valence-corrected chi connectivity index (χ4v) is 4.34. The molecule has 0 radical (unpaired) electrons. The third-order valence-electron chi connectivity index (χ3n) is 4.12. The normalized spacial score (nSPS) is 19.0. The number of fused-ring (bicyclic) bond motifs is 1. The van der Waals surface area contributed by atoms with Crippen molar-refractivity contribution in [2.24, 2.45) is 0 Å². The molecular weight excluding hydrogens is 321 g/mol. The van der Waals surface area contributed by atoms with E-state index in [9.17, 15) is 9.18 Å². The van der Waals surface area contributed by atoms with Gasteiger partial charge in [-0.2, -0.15) is 0 Å². The van der Waals surface area contributed by atoms with Crippen molar-refractivity contribution in [1.82, 2.24) is 5.32 Å². The Hall–Kier alpha value is -2.59. The molecule has 0 unspecified atom stereocenters. The summed E-state index contributed by atoms with van der Waals surface area (Å²) in [5.74, 6) is -0.435. The molecule has 4 rings (SSSR count). The van der Waals surface area contributed by atoms with Crippen LogP contribution in [0.2, 0.25) is 0 Å². The van der Waals surface area contributed by atoms with Gasteiger partial charge in [0.25, 0.3) is 5.91 Å². The summed E-state index contributed by atoms with van der Waals surface area (Å²) >= 11 is 1.32. The molecule has 1 aliphatic rings. The SMILES string of the molecule is O=C1N[C@@](Sc2ccccc2F)(c2ccccc2)c2ccccc21. The summed E-state index contributed by atoms with van der Waals surface area (Å²) < 4.78 is 14.3. The van der Waals surface area contributed by atoms with Gasteiger partial charge in [-0.1, -0.05) is 72.4 Å². The highest BCUT2D eigenvalue weighted by Crippen LogP contribution is 2.49. The molecule has 3 aromatic rings. The molecule has 1 heterocycles. The highest BCUT2D eigenvalue weighted by Gasteiger charge is 2.45. The Labute approximate surface area is 143 Å². The second-order valence-electron chi connectivity index (χ2n) is 5.58. The molecule has 3 aromatic carbocycles. The van der Waals surface area contributed by atoms with Crippen molar-refractivity contribution in [2.45, 2.75) is 9.77 Å². The Morgan fingerprint density at radius 3 is 2.29 bits per heavy atom. The van der Waals surface area contributed by atoms with Crippen LogP contribution in [-0.4, -0.2) is 5.91 Å². The van der Waals surface area contributed by atoms with Crippen LogP contribution in [0.3, 0.4) is 0 Å². The first-order valence-corrected chi connectivity index (χ1v) is 8.43. The third-order valence-corrected chi connectivity index (χ3v) is 5.54. The summed E-state index contributed by atoms with van der Waals surface area (Å²) in [7, 11) is 0. The molecule has 1 atom stereocenters. The molecule has 0 spiro atoms. The van der Waals surface area contributed by atoms with Crippen LogP contribution in [0, 0.1) is 5.82 Å². The van der Waals surface area contributed by atoms with E-state index < -0.39 is 4.87 Å². The Morgan fingerprint density at radius 2 is 1.50 bits per heavy atom. The van der Waals surface area contributed by atoms with Crippen LogP contribution in [0.15, 0.2) is 83.8 Å². The van der Waals surface area contributed by atoms with Crippen molar-refractivity contribution in [3.8, 4) is 0 Å². The summed E-state index contributed by atoms with van der Waals surface area (Å²) in [6, 6.07) is 23.8. The van der Waals surface area contributed by atoms with Crippen molar-refractivity contribution in [3.63, 3.8) is 0 Å². The Bertz CT molecular complexity index is 912. The lowest BCUT2D eigenvalue weighted by Gasteiger charge is -2.30. The zero-order chi connectivity index (χ0) is 16.6. The molecular formula is C20H14FNOS. The predicted molar refractivity (Wildman–Crippen MR) is 93.4 cm³/mol. The molecule has 0 saturated heterocycles. The maximum Gasteiger partial charge on any atom is 0.253 e. The van der Waals surface area contributed by atoms with E-state index in [2.05, 4.69) is 5.32 Å². The molecule has 1 amide bonds. The lowest BCUT2D eigenvalue weighted by molar-refractivity contribution is 0.0956. The fraction of sp³-hybridized carbons (Fsp3) is 0.0500. The van der Waals surface area contributed by atoms with E-state index in [-0.39, 0.29) is 11.7 Å². The summed E-state index contributed by atoms with van der Waals surface area (Å²) in [6.07, 6.45) is 0. The summed E-state index contributed by atoms with van der Waals surface area (Å²) in [5, 5.41) is 3.08. The lowest BCUT2D eigenvalue weighted by Crippen LogP contribution is -2.37. The monoisotopic (exact) mass is 335 g/mol. The molecule has 1 N–H and O–H groups in total. The Morgan fingerprint density at radius 1 is 0.833 bits per heavy atom. The quantitative estimate of drug-likeness (QED) is 0.760. The van der Waals surface area contributed by atoms with Crippen LogP contribution in [0.1, 0.15) is 21.5 Å². The second kappa shape index (κ2) is 5.80. The van der Waals surface area contributed by atoms with Gasteiger partial charge in [0.05, 0.1) is 0 Å². The van der Waals surface area contributed by atoms with Crippen molar-refractivity contribution in [2.75, 3.05) is 0 Å². The molecule has 0 saturated carbocycles. The number of rotatable bonds is 3. The average Bonchev–Trinajstić information content (AvgIpc) is 2.91.